The van der Waals surface area contributed by atoms with Crippen molar-refractivity contribution in [1.29, 1.82) is 0 Å². The summed E-state index contributed by atoms with van der Waals surface area (Å²) in [4.78, 5) is 11.6. The molecule has 1 unspecified atom stereocenters. The molecule has 0 heterocycles. The molecule has 0 aliphatic heterocycles. The van der Waals surface area contributed by atoms with E-state index in [1.54, 1.807) is 39.0 Å². The molecule has 19 heavy (non-hydrogen) atoms. The summed E-state index contributed by atoms with van der Waals surface area (Å²) in [6.07, 6.45) is -0.00833. The van der Waals surface area contributed by atoms with Crippen LogP contribution in [-0.4, -0.2) is 16.8 Å². The highest BCUT2D eigenvalue weighted by Crippen LogP contribution is 2.27. The number of anilines is 1. The molecule has 1 rings (SSSR count). The number of carbonyl (C=O) groups excluding carboxylic acids is 1. The average molecular weight is 284 g/mol. The summed E-state index contributed by atoms with van der Waals surface area (Å²) in [5, 5.41) is 12.5. The third-order valence-corrected chi connectivity index (χ3v) is 2.51. The molecule has 1 aromatic carbocycles. The fourth-order valence-electron chi connectivity index (χ4n) is 1.39. The maximum Gasteiger partial charge on any atom is 0.412 e. The second-order valence-electron chi connectivity index (χ2n) is 5.04. The minimum Gasteiger partial charge on any atom is -0.444 e. The molecular weight excluding hydrogens is 266 g/mol. The van der Waals surface area contributed by atoms with Gasteiger partial charge in [0.15, 0.2) is 0 Å². The van der Waals surface area contributed by atoms with Crippen LogP contribution in [0.3, 0.4) is 0 Å². The summed E-state index contributed by atoms with van der Waals surface area (Å²) in [7, 11) is 0. The van der Waals surface area contributed by atoms with Crippen LogP contribution >= 0.6 is 11.6 Å². The Labute approximate surface area is 118 Å². The fraction of sp³-hybridized carbons (Fsp3) is 0.357. The average Bonchev–Trinajstić information content (AvgIpc) is 2.25. The summed E-state index contributed by atoms with van der Waals surface area (Å²) in [6.45, 7) is 8.83. The van der Waals surface area contributed by atoms with E-state index in [1.165, 1.54) is 6.08 Å². The number of rotatable bonds is 3. The Morgan fingerprint density at radius 3 is 2.63 bits per heavy atom. The van der Waals surface area contributed by atoms with Crippen LogP contribution in [0.2, 0.25) is 5.02 Å². The van der Waals surface area contributed by atoms with Crippen molar-refractivity contribution in [3.05, 3.63) is 41.4 Å². The van der Waals surface area contributed by atoms with E-state index in [4.69, 9.17) is 16.3 Å². The zero-order chi connectivity index (χ0) is 14.6. The van der Waals surface area contributed by atoms with E-state index in [9.17, 15) is 9.90 Å². The molecule has 104 valence electrons. The van der Waals surface area contributed by atoms with Crippen molar-refractivity contribution in [3.63, 3.8) is 0 Å². The highest BCUT2D eigenvalue weighted by atomic mass is 35.5. The van der Waals surface area contributed by atoms with Crippen LogP contribution < -0.4 is 5.32 Å². The lowest BCUT2D eigenvalue weighted by Gasteiger charge is -2.20. The molecule has 0 aliphatic rings. The lowest BCUT2D eigenvalue weighted by Crippen LogP contribution is -2.27. The molecule has 1 atom stereocenters. The molecule has 4 nitrogen and oxygen atoms in total. The molecule has 1 aromatic rings. The highest BCUT2D eigenvalue weighted by molar-refractivity contribution is 6.31. The van der Waals surface area contributed by atoms with E-state index >= 15 is 0 Å². The Hall–Kier alpha value is -1.52. The maximum absolute atomic E-state index is 11.6. The maximum atomic E-state index is 11.6. The van der Waals surface area contributed by atoms with Gasteiger partial charge in [0, 0.05) is 16.3 Å². The molecule has 0 radical (unpaired) electrons. The van der Waals surface area contributed by atoms with Crippen LogP contribution in [0.5, 0.6) is 0 Å². The van der Waals surface area contributed by atoms with Crippen molar-refractivity contribution in [2.24, 2.45) is 0 Å². The monoisotopic (exact) mass is 283 g/mol. The van der Waals surface area contributed by atoms with Gasteiger partial charge in [0.25, 0.3) is 0 Å². The summed E-state index contributed by atoms with van der Waals surface area (Å²) in [5.74, 6) is 0. The van der Waals surface area contributed by atoms with Crippen LogP contribution in [-0.2, 0) is 4.74 Å². The number of benzene rings is 1. The van der Waals surface area contributed by atoms with Crippen LogP contribution in [0.25, 0.3) is 0 Å². The number of nitrogens with one attached hydrogen (secondary N) is 1. The van der Waals surface area contributed by atoms with Crippen molar-refractivity contribution in [2.45, 2.75) is 32.5 Å². The molecule has 0 aliphatic carbocycles. The number of carbonyl (C=O) groups is 1. The zero-order valence-corrected chi connectivity index (χ0v) is 12.0. The molecule has 1 amide bonds. The highest BCUT2D eigenvalue weighted by Gasteiger charge is 2.16. The second-order valence-corrected chi connectivity index (χ2v) is 5.45. The largest absolute Gasteiger partial charge is 0.444 e. The predicted molar refractivity (Wildman–Crippen MR) is 76.5 cm³/mol. The quantitative estimate of drug-likeness (QED) is 0.827. The fourth-order valence-corrected chi connectivity index (χ4v) is 1.69. The van der Waals surface area contributed by atoms with E-state index < -0.39 is 17.8 Å². The van der Waals surface area contributed by atoms with E-state index in [1.807, 2.05) is 0 Å². The van der Waals surface area contributed by atoms with Gasteiger partial charge in [-0.25, -0.2) is 4.79 Å². The Morgan fingerprint density at radius 2 is 2.16 bits per heavy atom. The van der Waals surface area contributed by atoms with Gasteiger partial charge < -0.3 is 9.84 Å². The van der Waals surface area contributed by atoms with Gasteiger partial charge in [-0.1, -0.05) is 23.7 Å². The minimum atomic E-state index is -0.830. The third kappa shape index (κ3) is 4.93. The van der Waals surface area contributed by atoms with Crippen molar-refractivity contribution in [2.75, 3.05) is 5.32 Å². The van der Waals surface area contributed by atoms with Gasteiger partial charge >= 0.3 is 6.09 Å². The number of aliphatic hydroxyl groups is 1. The van der Waals surface area contributed by atoms with Crippen LogP contribution in [0.4, 0.5) is 10.5 Å². The van der Waals surface area contributed by atoms with Crippen LogP contribution in [0.1, 0.15) is 32.4 Å². The lowest BCUT2D eigenvalue weighted by molar-refractivity contribution is 0.0636. The van der Waals surface area contributed by atoms with Crippen molar-refractivity contribution < 1.29 is 14.6 Å². The Morgan fingerprint density at radius 1 is 1.53 bits per heavy atom. The van der Waals surface area contributed by atoms with Crippen LogP contribution in [0.15, 0.2) is 30.9 Å². The molecule has 5 heteroatoms. The molecule has 0 spiro atoms. The number of hydrogen-bond donors (Lipinski definition) is 2. The molecule has 0 aromatic heterocycles. The standard InChI is InChI=1S/C14H18ClNO3/c1-5-12(17)10-7-6-9(8-11(10)15)16-13(18)19-14(2,3)4/h5-8,12,17H,1H2,2-4H3,(H,16,18). The van der Waals surface area contributed by atoms with E-state index in [2.05, 4.69) is 11.9 Å². The van der Waals surface area contributed by atoms with E-state index in [-0.39, 0.29) is 0 Å². The van der Waals surface area contributed by atoms with Gasteiger partial charge in [-0.2, -0.15) is 0 Å². The molecule has 2 N–H and O–H groups in total. The molecule has 0 saturated heterocycles. The SMILES string of the molecule is C=CC(O)c1ccc(NC(=O)OC(C)(C)C)cc1Cl. The minimum absolute atomic E-state index is 0.348. The lowest BCUT2D eigenvalue weighted by atomic mass is 10.1. The van der Waals surface area contributed by atoms with Gasteiger partial charge in [-0.15, -0.1) is 6.58 Å². The molecule has 0 fully saturated rings. The smallest absolute Gasteiger partial charge is 0.412 e. The van der Waals surface area contributed by atoms with Crippen molar-refractivity contribution in [3.8, 4) is 0 Å². The number of amides is 1. The third-order valence-electron chi connectivity index (χ3n) is 2.19. The summed E-state index contributed by atoms with van der Waals surface area (Å²) >= 11 is 6.02. The van der Waals surface area contributed by atoms with Gasteiger partial charge in [0.05, 0.1) is 6.10 Å². The number of hydrogen-bond acceptors (Lipinski definition) is 3. The van der Waals surface area contributed by atoms with Crippen molar-refractivity contribution >= 4 is 23.4 Å². The first kappa shape index (κ1) is 15.5. The van der Waals surface area contributed by atoms with Gasteiger partial charge in [-0.05, 0) is 32.9 Å². The molecule has 0 bridgehead atoms. The van der Waals surface area contributed by atoms with Crippen molar-refractivity contribution in [1.82, 2.24) is 0 Å². The zero-order valence-electron chi connectivity index (χ0n) is 11.2. The number of aliphatic hydroxyl groups excluding tert-OH is 1. The first-order chi connectivity index (χ1) is 8.73. The number of ether oxygens (including phenoxy) is 1. The Kier molecular flexibility index (Phi) is 4.97. The topological polar surface area (TPSA) is 58.6 Å². The van der Waals surface area contributed by atoms with Crippen LogP contribution in [0, 0.1) is 0 Å². The van der Waals surface area contributed by atoms with E-state index in [0.29, 0.717) is 16.3 Å². The molecular formula is C14H18ClNO3. The predicted octanol–water partition coefficient (Wildman–Crippen LogP) is 3.91. The van der Waals surface area contributed by atoms with Gasteiger partial charge in [-0.3, -0.25) is 5.32 Å². The first-order valence-corrected chi connectivity index (χ1v) is 6.21. The van der Waals surface area contributed by atoms with Gasteiger partial charge in [0.1, 0.15) is 5.60 Å². The summed E-state index contributed by atoms with van der Waals surface area (Å²) < 4.78 is 5.12. The first-order valence-electron chi connectivity index (χ1n) is 5.83. The normalized spacial score (nSPS) is 12.7. The van der Waals surface area contributed by atoms with E-state index in [0.717, 1.165) is 0 Å². The number of halogens is 1. The second kappa shape index (κ2) is 6.08. The van der Waals surface area contributed by atoms with Gasteiger partial charge in [0.2, 0.25) is 0 Å². The molecule has 0 saturated carbocycles. The Balaban J connectivity index is 2.79. The Bertz CT molecular complexity index is 480. The summed E-state index contributed by atoms with van der Waals surface area (Å²) in [5.41, 5.74) is 0.470. The summed E-state index contributed by atoms with van der Waals surface area (Å²) in [6, 6.07) is 4.81.